The van der Waals surface area contributed by atoms with Gasteiger partial charge in [-0.15, -0.1) is 0 Å². The van der Waals surface area contributed by atoms with E-state index in [1.54, 1.807) is 0 Å². The van der Waals surface area contributed by atoms with Crippen LogP contribution >= 0.6 is 0 Å². The van der Waals surface area contributed by atoms with E-state index < -0.39 is 0 Å². The molecule has 0 heterocycles. The molecule has 0 radical (unpaired) electrons. The molecule has 0 saturated carbocycles. The van der Waals surface area contributed by atoms with E-state index in [9.17, 15) is 0 Å². The van der Waals surface area contributed by atoms with Gasteiger partial charge in [-0.05, 0) is 49.9 Å². The Morgan fingerprint density at radius 1 is 1.00 bits per heavy atom. The minimum Gasteiger partial charge on any atom is -0.494 e. The molecule has 136 valence electrons. The Morgan fingerprint density at radius 3 is 2.44 bits per heavy atom. The summed E-state index contributed by atoms with van der Waals surface area (Å²) in [6.45, 7) is 10.2. The fourth-order valence-electron chi connectivity index (χ4n) is 2.42. The van der Waals surface area contributed by atoms with Crippen molar-refractivity contribution in [1.29, 1.82) is 0 Å². The summed E-state index contributed by atoms with van der Waals surface area (Å²) in [5.41, 5.74) is 2.31. The second-order valence-corrected chi connectivity index (χ2v) is 6.90. The predicted octanol–water partition coefficient (Wildman–Crippen LogP) is 5.69. The number of rotatable bonds is 10. The highest BCUT2D eigenvalue weighted by atomic mass is 16.5. The average molecular weight is 341 g/mol. The third kappa shape index (κ3) is 7.08. The van der Waals surface area contributed by atoms with E-state index in [-0.39, 0.29) is 6.10 Å². The highest BCUT2D eigenvalue weighted by Gasteiger charge is 2.08. The Kier molecular flexibility index (Phi) is 7.65. The van der Waals surface area contributed by atoms with Crippen molar-refractivity contribution < 1.29 is 9.47 Å². The number of ether oxygens (including phenoxy) is 2. The molecule has 0 amide bonds. The minimum atomic E-state index is 0.133. The summed E-state index contributed by atoms with van der Waals surface area (Å²) in [7, 11) is 0. The second-order valence-electron chi connectivity index (χ2n) is 6.90. The van der Waals surface area contributed by atoms with Crippen LogP contribution in [0.5, 0.6) is 11.5 Å². The molecule has 2 aromatic carbocycles. The quantitative estimate of drug-likeness (QED) is 0.602. The maximum Gasteiger partial charge on any atom is 0.121 e. The summed E-state index contributed by atoms with van der Waals surface area (Å²) in [5.74, 6) is 2.49. The van der Waals surface area contributed by atoms with Gasteiger partial charge < -0.3 is 14.8 Å². The number of hydrogen-bond donors (Lipinski definition) is 1. The van der Waals surface area contributed by atoms with Gasteiger partial charge in [-0.3, -0.25) is 0 Å². The van der Waals surface area contributed by atoms with Crippen molar-refractivity contribution in [3.8, 4) is 11.5 Å². The van der Waals surface area contributed by atoms with E-state index in [0.717, 1.165) is 43.2 Å². The predicted molar refractivity (Wildman–Crippen MR) is 106 cm³/mol. The molecule has 1 unspecified atom stereocenters. The van der Waals surface area contributed by atoms with Gasteiger partial charge in [-0.1, -0.05) is 44.5 Å². The van der Waals surface area contributed by atoms with Crippen LogP contribution in [0.1, 0.15) is 39.2 Å². The van der Waals surface area contributed by atoms with Crippen molar-refractivity contribution in [2.45, 2.75) is 46.6 Å². The van der Waals surface area contributed by atoms with E-state index >= 15 is 0 Å². The molecule has 0 bridgehead atoms. The maximum absolute atomic E-state index is 6.07. The van der Waals surface area contributed by atoms with Crippen LogP contribution < -0.4 is 14.8 Å². The molecule has 3 heteroatoms. The maximum atomic E-state index is 6.07. The summed E-state index contributed by atoms with van der Waals surface area (Å²) >= 11 is 0. The molecule has 1 N–H and O–H groups in total. The SMILES string of the molecule is CCC(CNc1cccc(OCCC(C)C)c1)Oc1ccc(C)cc1. The molecule has 0 aliphatic carbocycles. The topological polar surface area (TPSA) is 30.5 Å². The summed E-state index contributed by atoms with van der Waals surface area (Å²) in [5, 5.41) is 3.46. The lowest BCUT2D eigenvalue weighted by Crippen LogP contribution is -2.25. The van der Waals surface area contributed by atoms with Gasteiger partial charge in [-0.25, -0.2) is 0 Å². The summed E-state index contributed by atoms with van der Waals surface area (Å²) in [4.78, 5) is 0. The Labute approximate surface area is 152 Å². The highest BCUT2D eigenvalue weighted by molar-refractivity contribution is 5.48. The van der Waals surface area contributed by atoms with E-state index in [2.05, 4.69) is 57.3 Å². The molecule has 0 fully saturated rings. The van der Waals surface area contributed by atoms with Crippen molar-refractivity contribution in [3.63, 3.8) is 0 Å². The summed E-state index contributed by atoms with van der Waals surface area (Å²) < 4.78 is 11.9. The molecule has 2 aromatic rings. The van der Waals surface area contributed by atoms with Gasteiger partial charge in [0.25, 0.3) is 0 Å². The van der Waals surface area contributed by atoms with Crippen molar-refractivity contribution >= 4 is 5.69 Å². The standard InChI is InChI=1S/C22H31NO2/c1-5-20(25-21-11-9-18(4)10-12-21)16-23-19-7-6-8-22(15-19)24-14-13-17(2)3/h6-12,15,17,20,23H,5,13-14,16H2,1-4H3. The first-order valence-corrected chi connectivity index (χ1v) is 9.27. The van der Waals surface area contributed by atoms with Gasteiger partial charge in [0.1, 0.15) is 17.6 Å². The number of nitrogens with one attached hydrogen (secondary N) is 1. The zero-order chi connectivity index (χ0) is 18.1. The van der Waals surface area contributed by atoms with Gasteiger partial charge in [0.2, 0.25) is 0 Å². The van der Waals surface area contributed by atoms with Crippen molar-refractivity contribution in [2.24, 2.45) is 5.92 Å². The van der Waals surface area contributed by atoms with Crippen LogP contribution in [-0.2, 0) is 0 Å². The number of benzene rings is 2. The Bertz CT molecular complexity index is 622. The van der Waals surface area contributed by atoms with Crippen molar-refractivity contribution in [3.05, 3.63) is 54.1 Å². The van der Waals surface area contributed by atoms with Crippen molar-refractivity contribution in [1.82, 2.24) is 0 Å². The Morgan fingerprint density at radius 2 is 1.76 bits per heavy atom. The van der Waals surface area contributed by atoms with Crippen molar-refractivity contribution in [2.75, 3.05) is 18.5 Å². The minimum absolute atomic E-state index is 0.133. The first-order valence-electron chi connectivity index (χ1n) is 9.27. The molecule has 3 nitrogen and oxygen atoms in total. The summed E-state index contributed by atoms with van der Waals surface area (Å²) in [6, 6.07) is 16.4. The molecule has 1 atom stereocenters. The number of hydrogen-bond acceptors (Lipinski definition) is 3. The lowest BCUT2D eigenvalue weighted by atomic mass is 10.1. The normalized spacial score (nSPS) is 12.0. The molecule has 0 saturated heterocycles. The van der Waals surface area contributed by atoms with Gasteiger partial charge in [0.05, 0.1) is 13.2 Å². The Balaban J connectivity index is 1.84. The first kappa shape index (κ1) is 19.2. The van der Waals surface area contributed by atoms with E-state index in [1.165, 1.54) is 5.56 Å². The van der Waals surface area contributed by atoms with Crippen LogP contribution in [-0.4, -0.2) is 19.3 Å². The van der Waals surface area contributed by atoms with Gasteiger partial charge in [-0.2, -0.15) is 0 Å². The van der Waals surface area contributed by atoms with Gasteiger partial charge in [0.15, 0.2) is 0 Å². The van der Waals surface area contributed by atoms with E-state index in [4.69, 9.17) is 9.47 Å². The molecule has 0 spiro atoms. The third-order valence-corrected chi connectivity index (χ3v) is 4.11. The van der Waals surface area contributed by atoms with Crippen LogP contribution in [0.4, 0.5) is 5.69 Å². The Hall–Kier alpha value is -2.16. The zero-order valence-corrected chi connectivity index (χ0v) is 15.9. The third-order valence-electron chi connectivity index (χ3n) is 4.11. The average Bonchev–Trinajstić information content (AvgIpc) is 2.60. The van der Waals surface area contributed by atoms with Gasteiger partial charge in [0, 0.05) is 11.8 Å². The molecule has 0 aromatic heterocycles. The van der Waals surface area contributed by atoms with Crippen LogP contribution in [0.3, 0.4) is 0 Å². The fourth-order valence-corrected chi connectivity index (χ4v) is 2.42. The van der Waals surface area contributed by atoms with Crippen LogP contribution in [0, 0.1) is 12.8 Å². The number of aryl methyl sites for hydroxylation is 1. The molecular formula is C22H31NO2. The highest BCUT2D eigenvalue weighted by Crippen LogP contribution is 2.19. The molecule has 0 aliphatic heterocycles. The molecular weight excluding hydrogens is 310 g/mol. The fraction of sp³-hybridized carbons (Fsp3) is 0.455. The largest absolute Gasteiger partial charge is 0.494 e. The molecule has 0 aliphatic rings. The zero-order valence-electron chi connectivity index (χ0n) is 15.9. The van der Waals surface area contributed by atoms with Gasteiger partial charge >= 0.3 is 0 Å². The number of anilines is 1. The second kappa shape index (κ2) is 9.97. The lowest BCUT2D eigenvalue weighted by Gasteiger charge is -2.19. The summed E-state index contributed by atoms with van der Waals surface area (Å²) in [6.07, 6.45) is 2.15. The molecule has 2 rings (SSSR count). The van der Waals surface area contributed by atoms with E-state index in [1.807, 2.05) is 24.3 Å². The van der Waals surface area contributed by atoms with E-state index in [0.29, 0.717) is 5.92 Å². The van der Waals surface area contributed by atoms with Crippen LogP contribution in [0.2, 0.25) is 0 Å². The first-order chi connectivity index (χ1) is 12.1. The van der Waals surface area contributed by atoms with Crippen LogP contribution in [0.25, 0.3) is 0 Å². The van der Waals surface area contributed by atoms with Crippen LogP contribution in [0.15, 0.2) is 48.5 Å². The lowest BCUT2D eigenvalue weighted by molar-refractivity contribution is 0.210. The monoisotopic (exact) mass is 341 g/mol. The molecule has 25 heavy (non-hydrogen) atoms. The smallest absolute Gasteiger partial charge is 0.121 e.